The molecule has 1 atom stereocenters. The zero-order valence-electron chi connectivity index (χ0n) is 12.1. The Labute approximate surface area is 123 Å². The zero-order chi connectivity index (χ0) is 15.3. The first-order valence-corrected chi connectivity index (χ1v) is 7.02. The second-order valence-corrected chi connectivity index (χ2v) is 5.45. The summed E-state index contributed by atoms with van der Waals surface area (Å²) < 4.78 is 18.1. The third-order valence-corrected chi connectivity index (χ3v) is 3.57. The van der Waals surface area contributed by atoms with Crippen LogP contribution in [0.5, 0.6) is 0 Å². The minimum Gasteiger partial charge on any atom is -0.384 e. The largest absolute Gasteiger partial charge is 0.384 e. The van der Waals surface area contributed by atoms with Crippen molar-refractivity contribution in [3.05, 3.63) is 35.6 Å². The van der Waals surface area contributed by atoms with Gasteiger partial charge in [0, 0.05) is 13.1 Å². The van der Waals surface area contributed by atoms with Gasteiger partial charge in [-0.05, 0) is 24.6 Å². The van der Waals surface area contributed by atoms with E-state index in [4.69, 9.17) is 4.74 Å². The van der Waals surface area contributed by atoms with E-state index in [1.54, 1.807) is 6.92 Å². The molecule has 2 N–H and O–H groups in total. The lowest BCUT2D eigenvalue weighted by Crippen LogP contribution is -2.46. The SMILES string of the molecule is CC(O)(CNC(=O)CN1CCOCC1)c1ccc(F)cc1. The smallest absolute Gasteiger partial charge is 0.234 e. The Kier molecular flexibility index (Phi) is 5.27. The number of hydrogen-bond donors (Lipinski definition) is 2. The van der Waals surface area contributed by atoms with Crippen LogP contribution in [0.25, 0.3) is 0 Å². The van der Waals surface area contributed by atoms with Gasteiger partial charge >= 0.3 is 0 Å². The summed E-state index contributed by atoms with van der Waals surface area (Å²) in [5.41, 5.74) is -0.662. The number of carbonyl (C=O) groups excluding carboxylic acids is 1. The molecule has 6 heteroatoms. The molecule has 21 heavy (non-hydrogen) atoms. The Hall–Kier alpha value is -1.50. The Morgan fingerprint density at radius 1 is 1.38 bits per heavy atom. The van der Waals surface area contributed by atoms with E-state index in [0.29, 0.717) is 25.3 Å². The van der Waals surface area contributed by atoms with E-state index in [2.05, 4.69) is 5.32 Å². The number of morpholine rings is 1. The van der Waals surface area contributed by atoms with E-state index in [9.17, 15) is 14.3 Å². The van der Waals surface area contributed by atoms with Crippen molar-refractivity contribution in [2.75, 3.05) is 39.4 Å². The number of benzene rings is 1. The fourth-order valence-electron chi connectivity index (χ4n) is 2.20. The van der Waals surface area contributed by atoms with Crippen LogP contribution < -0.4 is 5.32 Å². The standard InChI is InChI=1S/C15H21FN2O3/c1-15(20,12-2-4-13(16)5-3-12)11-17-14(19)10-18-6-8-21-9-7-18/h2-5,20H,6-11H2,1H3,(H,17,19). The number of nitrogens with zero attached hydrogens (tertiary/aromatic N) is 1. The van der Waals surface area contributed by atoms with Crippen LogP contribution in [-0.2, 0) is 15.1 Å². The molecule has 0 spiro atoms. The van der Waals surface area contributed by atoms with E-state index in [0.717, 1.165) is 13.1 Å². The van der Waals surface area contributed by atoms with Crippen molar-refractivity contribution in [3.8, 4) is 0 Å². The first-order valence-electron chi connectivity index (χ1n) is 7.02. The van der Waals surface area contributed by atoms with Crippen LogP contribution in [0.4, 0.5) is 4.39 Å². The van der Waals surface area contributed by atoms with E-state index in [-0.39, 0.29) is 18.3 Å². The predicted molar refractivity (Wildman–Crippen MR) is 76.2 cm³/mol. The van der Waals surface area contributed by atoms with E-state index in [1.807, 2.05) is 4.90 Å². The molecule has 0 aromatic heterocycles. The number of ether oxygens (including phenoxy) is 1. The summed E-state index contributed by atoms with van der Waals surface area (Å²) in [6.45, 7) is 4.73. The molecule has 1 unspecified atom stereocenters. The number of halogens is 1. The van der Waals surface area contributed by atoms with Gasteiger partial charge in [0.15, 0.2) is 0 Å². The minimum atomic E-state index is -1.23. The van der Waals surface area contributed by atoms with Crippen LogP contribution in [0, 0.1) is 5.82 Å². The average Bonchev–Trinajstić information content (AvgIpc) is 2.47. The first-order chi connectivity index (χ1) is 9.97. The summed E-state index contributed by atoms with van der Waals surface area (Å²) in [7, 11) is 0. The molecular formula is C15H21FN2O3. The van der Waals surface area contributed by atoms with E-state index < -0.39 is 5.60 Å². The Morgan fingerprint density at radius 2 is 2.00 bits per heavy atom. The minimum absolute atomic E-state index is 0.0851. The van der Waals surface area contributed by atoms with Crippen molar-refractivity contribution < 1.29 is 19.0 Å². The predicted octanol–water partition coefficient (Wildman–Crippen LogP) is 0.482. The fraction of sp³-hybridized carbons (Fsp3) is 0.533. The maximum atomic E-state index is 12.9. The highest BCUT2D eigenvalue weighted by Gasteiger charge is 2.24. The Bertz CT molecular complexity index is 470. The third kappa shape index (κ3) is 4.77. The number of hydrogen-bond acceptors (Lipinski definition) is 4. The van der Waals surface area contributed by atoms with Gasteiger partial charge in [-0.25, -0.2) is 4.39 Å². The molecule has 0 bridgehead atoms. The Balaban J connectivity index is 1.82. The summed E-state index contributed by atoms with van der Waals surface area (Å²) in [5.74, 6) is -0.495. The second kappa shape index (κ2) is 6.98. The fourth-order valence-corrected chi connectivity index (χ4v) is 2.20. The maximum absolute atomic E-state index is 12.9. The third-order valence-electron chi connectivity index (χ3n) is 3.57. The summed E-state index contributed by atoms with van der Waals surface area (Å²) in [5, 5.41) is 13.1. The normalized spacial score (nSPS) is 19.0. The van der Waals surface area contributed by atoms with Crippen molar-refractivity contribution in [2.24, 2.45) is 0 Å². The quantitative estimate of drug-likeness (QED) is 0.830. The van der Waals surface area contributed by atoms with Crippen molar-refractivity contribution in [3.63, 3.8) is 0 Å². The molecule has 1 aromatic rings. The van der Waals surface area contributed by atoms with E-state index in [1.165, 1.54) is 24.3 Å². The van der Waals surface area contributed by atoms with Crippen molar-refractivity contribution in [2.45, 2.75) is 12.5 Å². The van der Waals surface area contributed by atoms with Gasteiger partial charge in [0.05, 0.1) is 26.3 Å². The molecule has 1 heterocycles. The lowest BCUT2D eigenvalue weighted by molar-refractivity contribution is -0.124. The van der Waals surface area contributed by atoms with Crippen LogP contribution in [0.15, 0.2) is 24.3 Å². The van der Waals surface area contributed by atoms with Gasteiger partial charge in [-0.15, -0.1) is 0 Å². The van der Waals surface area contributed by atoms with Crippen LogP contribution in [-0.4, -0.2) is 55.3 Å². The van der Waals surface area contributed by atoms with Crippen LogP contribution >= 0.6 is 0 Å². The monoisotopic (exact) mass is 296 g/mol. The highest BCUT2D eigenvalue weighted by Crippen LogP contribution is 2.19. The first kappa shape index (κ1) is 15.9. The molecule has 0 saturated carbocycles. The van der Waals surface area contributed by atoms with E-state index >= 15 is 0 Å². The van der Waals surface area contributed by atoms with Gasteiger partial charge < -0.3 is 15.2 Å². The summed E-state index contributed by atoms with van der Waals surface area (Å²) in [6.07, 6.45) is 0. The number of aliphatic hydroxyl groups is 1. The molecule has 0 radical (unpaired) electrons. The van der Waals surface area contributed by atoms with Crippen LogP contribution in [0.3, 0.4) is 0 Å². The molecule has 116 valence electrons. The molecule has 1 aromatic carbocycles. The molecule has 1 fully saturated rings. The highest BCUT2D eigenvalue weighted by atomic mass is 19.1. The van der Waals surface area contributed by atoms with Gasteiger partial charge in [-0.1, -0.05) is 12.1 Å². The van der Waals surface area contributed by atoms with Gasteiger partial charge in [0.25, 0.3) is 0 Å². The van der Waals surface area contributed by atoms with Crippen molar-refractivity contribution >= 4 is 5.91 Å². The molecule has 2 rings (SSSR count). The average molecular weight is 296 g/mol. The topological polar surface area (TPSA) is 61.8 Å². The van der Waals surface area contributed by atoms with Crippen molar-refractivity contribution in [1.82, 2.24) is 10.2 Å². The molecule has 0 aliphatic carbocycles. The molecule has 5 nitrogen and oxygen atoms in total. The number of nitrogens with one attached hydrogen (secondary N) is 1. The van der Waals surface area contributed by atoms with Gasteiger partial charge in [-0.2, -0.15) is 0 Å². The lowest BCUT2D eigenvalue weighted by atomic mass is 9.96. The number of amides is 1. The van der Waals surface area contributed by atoms with Crippen LogP contribution in [0.1, 0.15) is 12.5 Å². The van der Waals surface area contributed by atoms with Gasteiger partial charge in [-0.3, -0.25) is 9.69 Å². The molecule has 1 aliphatic rings. The Morgan fingerprint density at radius 3 is 2.62 bits per heavy atom. The molecular weight excluding hydrogens is 275 g/mol. The molecule has 1 aliphatic heterocycles. The lowest BCUT2D eigenvalue weighted by Gasteiger charge is -2.27. The maximum Gasteiger partial charge on any atom is 0.234 e. The number of carbonyl (C=O) groups is 1. The molecule has 1 saturated heterocycles. The highest BCUT2D eigenvalue weighted by molar-refractivity contribution is 5.78. The van der Waals surface area contributed by atoms with Crippen LogP contribution in [0.2, 0.25) is 0 Å². The number of rotatable bonds is 5. The summed E-state index contributed by atoms with van der Waals surface area (Å²) >= 11 is 0. The van der Waals surface area contributed by atoms with Crippen molar-refractivity contribution in [1.29, 1.82) is 0 Å². The van der Waals surface area contributed by atoms with Gasteiger partial charge in [0.2, 0.25) is 5.91 Å². The summed E-state index contributed by atoms with van der Waals surface area (Å²) in [6, 6.07) is 5.62. The summed E-state index contributed by atoms with van der Waals surface area (Å²) in [4.78, 5) is 13.9. The zero-order valence-corrected chi connectivity index (χ0v) is 12.1. The molecule has 1 amide bonds. The van der Waals surface area contributed by atoms with Gasteiger partial charge in [0.1, 0.15) is 11.4 Å². The second-order valence-electron chi connectivity index (χ2n) is 5.45.